The Balaban J connectivity index is 1.94. The molecule has 0 saturated carbocycles. The van der Waals surface area contributed by atoms with E-state index in [0.717, 1.165) is 19.5 Å². The fourth-order valence-electron chi connectivity index (χ4n) is 1.93. The van der Waals surface area contributed by atoms with Crippen molar-refractivity contribution < 1.29 is 9.53 Å². The van der Waals surface area contributed by atoms with Crippen LogP contribution in [0.1, 0.15) is 39.5 Å². The van der Waals surface area contributed by atoms with E-state index in [1.54, 1.807) is 0 Å². The Morgan fingerprint density at radius 1 is 1.47 bits per heavy atom. The summed E-state index contributed by atoms with van der Waals surface area (Å²) in [4.78, 5) is 11.3. The summed E-state index contributed by atoms with van der Waals surface area (Å²) < 4.78 is 5.38. The van der Waals surface area contributed by atoms with Gasteiger partial charge in [-0.05, 0) is 31.7 Å². The van der Waals surface area contributed by atoms with E-state index in [-0.39, 0.29) is 12.5 Å². The number of ether oxygens (including phenoxy) is 1. The molecule has 0 aromatic heterocycles. The number of nitrogens with one attached hydrogen (secondary N) is 2. The highest BCUT2D eigenvalue weighted by Gasteiger charge is 2.12. The van der Waals surface area contributed by atoms with Crippen LogP contribution in [0.4, 0.5) is 0 Å². The highest BCUT2D eigenvalue weighted by Crippen LogP contribution is 2.09. The van der Waals surface area contributed by atoms with Gasteiger partial charge in [0.2, 0.25) is 5.91 Å². The van der Waals surface area contributed by atoms with E-state index in [0.29, 0.717) is 18.6 Å². The number of hydrogen-bond donors (Lipinski definition) is 2. The molecule has 1 aliphatic rings. The van der Waals surface area contributed by atoms with Crippen LogP contribution in [-0.2, 0) is 9.53 Å². The Kier molecular flexibility index (Phi) is 7.21. The minimum Gasteiger partial charge on any atom is -0.372 e. The fourth-order valence-corrected chi connectivity index (χ4v) is 1.93. The van der Waals surface area contributed by atoms with Crippen molar-refractivity contribution in [2.45, 2.75) is 45.6 Å². The molecule has 0 aromatic rings. The van der Waals surface area contributed by atoms with Gasteiger partial charge >= 0.3 is 0 Å². The summed E-state index contributed by atoms with van der Waals surface area (Å²) in [6.07, 6.45) is 4.85. The quantitative estimate of drug-likeness (QED) is 0.662. The van der Waals surface area contributed by atoms with Crippen LogP contribution in [0.5, 0.6) is 0 Å². The molecule has 4 nitrogen and oxygen atoms in total. The molecule has 0 radical (unpaired) electrons. The van der Waals surface area contributed by atoms with Gasteiger partial charge in [-0.1, -0.05) is 20.3 Å². The van der Waals surface area contributed by atoms with Crippen molar-refractivity contribution in [3.8, 4) is 0 Å². The number of carbonyl (C=O) groups is 1. The van der Waals surface area contributed by atoms with Gasteiger partial charge < -0.3 is 15.4 Å². The Labute approximate surface area is 104 Å². The zero-order chi connectivity index (χ0) is 12.5. The average molecular weight is 242 g/mol. The number of hydrogen-bond acceptors (Lipinski definition) is 3. The first-order valence-corrected chi connectivity index (χ1v) is 6.76. The zero-order valence-electron chi connectivity index (χ0n) is 11.1. The molecule has 1 aliphatic heterocycles. The summed E-state index contributed by atoms with van der Waals surface area (Å²) in [7, 11) is 0. The monoisotopic (exact) mass is 242 g/mol. The van der Waals surface area contributed by atoms with Gasteiger partial charge in [0.1, 0.15) is 6.61 Å². The van der Waals surface area contributed by atoms with Gasteiger partial charge in [0.05, 0.1) is 0 Å². The maximum atomic E-state index is 11.3. The third-order valence-electron chi connectivity index (χ3n) is 2.96. The molecule has 4 heteroatoms. The SMILES string of the molecule is CC(C)CNC(=O)COCCC1CCCCN1. The van der Waals surface area contributed by atoms with Crippen molar-refractivity contribution in [1.82, 2.24) is 10.6 Å². The van der Waals surface area contributed by atoms with Gasteiger partial charge in [-0.15, -0.1) is 0 Å². The first-order valence-electron chi connectivity index (χ1n) is 6.76. The number of rotatable bonds is 7. The summed E-state index contributed by atoms with van der Waals surface area (Å²) in [5.41, 5.74) is 0. The molecule has 1 rings (SSSR count). The van der Waals surface area contributed by atoms with Crippen LogP contribution in [-0.4, -0.2) is 38.3 Å². The summed E-state index contributed by atoms with van der Waals surface area (Å²) in [5, 5.41) is 6.31. The smallest absolute Gasteiger partial charge is 0.246 e. The van der Waals surface area contributed by atoms with Crippen LogP contribution in [0.2, 0.25) is 0 Å². The summed E-state index contributed by atoms with van der Waals surface area (Å²) in [6, 6.07) is 0.586. The second kappa shape index (κ2) is 8.48. The molecule has 1 amide bonds. The standard InChI is InChI=1S/C13H26N2O2/c1-11(2)9-15-13(16)10-17-8-6-12-5-3-4-7-14-12/h11-12,14H,3-10H2,1-2H3,(H,15,16). The van der Waals surface area contributed by atoms with Gasteiger partial charge in [0.25, 0.3) is 0 Å². The topological polar surface area (TPSA) is 50.4 Å². The fraction of sp³-hybridized carbons (Fsp3) is 0.923. The Bertz CT molecular complexity index is 213. The average Bonchev–Trinajstić information content (AvgIpc) is 2.33. The van der Waals surface area contributed by atoms with E-state index >= 15 is 0 Å². The molecule has 2 N–H and O–H groups in total. The molecule has 0 aliphatic carbocycles. The van der Waals surface area contributed by atoms with Crippen LogP contribution >= 0.6 is 0 Å². The van der Waals surface area contributed by atoms with Crippen molar-refractivity contribution in [2.75, 3.05) is 26.3 Å². The highest BCUT2D eigenvalue weighted by atomic mass is 16.5. The lowest BCUT2D eigenvalue weighted by Gasteiger charge is -2.23. The molecule has 0 spiro atoms. The van der Waals surface area contributed by atoms with Gasteiger partial charge in [-0.2, -0.15) is 0 Å². The lowest BCUT2D eigenvalue weighted by molar-refractivity contribution is -0.125. The Morgan fingerprint density at radius 2 is 2.29 bits per heavy atom. The maximum absolute atomic E-state index is 11.3. The van der Waals surface area contributed by atoms with Crippen molar-refractivity contribution in [3.05, 3.63) is 0 Å². The molecule has 0 bridgehead atoms. The van der Waals surface area contributed by atoms with Gasteiger partial charge in [-0.25, -0.2) is 0 Å². The van der Waals surface area contributed by atoms with E-state index in [1.807, 2.05) is 0 Å². The third-order valence-corrected chi connectivity index (χ3v) is 2.96. The van der Waals surface area contributed by atoms with Crippen molar-refractivity contribution in [2.24, 2.45) is 5.92 Å². The van der Waals surface area contributed by atoms with Gasteiger partial charge in [0.15, 0.2) is 0 Å². The van der Waals surface area contributed by atoms with E-state index in [4.69, 9.17) is 4.74 Å². The van der Waals surface area contributed by atoms with Crippen LogP contribution < -0.4 is 10.6 Å². The number of carbonyl (C=O) groups excluding carboxylic acids is 1. The van der Waals surface area contributed by atoms with Crippen molar-refractivity contribution in [1.29, 1.82) is 0 Å². The van der Waals surface area contributed by atoms with Crippen LogP contribution in [0.3, 0.4) is 0 Å². The lowest BCUT2D eigenvalue weighted by atomic mass is 10.0. The second-order valence-electron chi connectivity index (χ2n) is 5.19. The van der Waals surface area contributed by atoms with Gasteiger partial charge in [-0.3, -0.25) is 4.79 Å². The highest BCUT2D eigenvalue weighted by molar-refractivity contribution is 5.77. The molecule has 100 valence electrons. The van der Waals surface area contributed by atoms with Crippen LogP contribution in [0.15, 0.2) is 0 Å². The van der Waals surface area contributed by atoms with Crippen molar-refractivity contribution >= 4 is 5.91 Å². The number of amides is 1. The Morgan fingerprint density at radius 3 is 2.94 bits per heavy atom. The number of piperidine rings is 1. The zero-order valence-corrected chi connectivity index (χ0v) is 11.1. The summed E-state index contributed by atoms with van der Waals surface area (Å²) >= 11 is 0. The molecular weight excluding hydrogens is 216 g/mol. The largest absolute Gasteiger partial charge is 0.372 e. The molecule has 1 saturated heterocycles. The molecule has 17 heavy (non-hydrogen) atoms. The lowest BCUT2D eigenvalue weighted by Crippen LogP contribution is -2.35. The third kappa shape index (κ3) is 7.34. The maximum Gasteiger partial charge on any atom is 0.246 e. The second-order valence-corrected chi connectivity index (χ2v) is 5.19. The van der Waals surface area contributed by atoms with Gasteiger partial charge in [0, 0.05) is 19.2 Å². The molecular formula is C13H26N2O2. The van der Waals surface area contributed by atoms with Crippen molar-refractivity contribution in [3.63, 3.8) is 0 Å². The van der Waals surface area contributed by atoms with E-state index < -0.39 is 0 Å². The molecule has 1 heterocycles. The summed E-state index contributed by atoms with van der Waals surface area (Å²) in [6.45, 7) is 6.88. The molecule has 1 atom stereocenters. The predicted molar refractivity (Wildman–Crippen MR) is 68.9 cm³/mol. The van der Waals surface area contributed by atoms with E-state index in [9.17, 15) is 4.79 Å². The normalized spacial score (nSPS) is 20.5. The first-order chi connectivity index (χ1) is 8.18. The van der Waals surface area contributed by atoms with Crippen LogP contribution in [0, 0.1) is 5.92 Å². The van der Waals surface area contributed by atoms with Crippen LogP contribution in [0.25, 0.3) is 0 Å². The molecule has 1 unspecified atom stereocenters. The van der Waals surface area contributed by atoms with E-state index in [2.05, 4.69) is 24.5 Å². The summed E-state index contributed by atoms with van der Waals surface area (Å²) in [5.74, 6) is 0.487. The van der Waals surface area contributed by atoms with E-state index in [1.165, 1.54) is 19.3 Å². The Hall–Kier alpha value is -0.610. The predicted octanol–water partition coefficient (Wildman–Crippen LogP) is 1.31. The molecule has 0 aromatic carbocycles. The minimum atomic E-state index is -0.00435. The minimum absolute atomic E-state index is 0.00435. The first kappa shape index (κ1) is 14.5. The molecule has 1 fully saturated rings.